The van der Waals surface area contributed by atoms with Crippen molar-refractivity contribution in [2.24, 2.45) is 11.8 Å². The molecule has 0 bridgehead atoms. The monoisotopic (exact) mass is 433 g/mol. The van der Waals surface area contributed by atoms with E-state index in [0.29, 0.717) is 56.1 Å². The number of para-hydroxylation sites is 1. The average molecular weight is 434 g/mol. The highest BCUT2D eigenvalue weighted by Crippen LogP contribution is 2.35. The lowest BCUT2D eigenvalue weighted by molar-refractivity contribution is -0.122. The van der Waals surface area contributed by atoms with Gasteiger partial charge < -0.3 is 29.7 Å². The number of hydrogen-bond acceptors (Lipinski definition) is 6. The highest BCUT2D eigenvalue weighted by atomic mass is 16.5. The van der Waals surface area contributed by atoms with Crippen LogP contribution in [0.25, 0.3) is 0 Å². The van der Waals surface area contributed by atoms with Crippen molar-refractivity contribution in [3.8, 4) is 5.75 Å². The zero-order valence-corrected chi connectivity index (χ0v) is 19.0. The molecule has 0 spiro atoms. The number of ether oxygens (including phenoxy) is 2. The minimum Gasteiger partial charge on any atom is -0.486 e. The number of fused-ring (bicyclic) bond motifs is 1. The SMILES string of the molecule is C[C@@H]1CN([C@@H](C)CO)C(=O)c2cccc(NC(=O)C3CCOCC3)c2O[C@@H]1CN(C)C. The Kier molecular flexibility index (Phi) is 7.91. The fourth-order valence-electron chi connectivity index (χ4n) is 4.11. The van der Waals surface area contributed by atoms with Crippen LogP contribution in [0.1, 0.15) is 37.0 Å². The smallest absolute Gasteiger partial charge is 0.258 e. The van der Waals surface area contributed by atoms with Gasteiger partial charge in [-0.3, -0.25) is 9.59 Å². The second-order valence-corrected chi connectivity index (χ2v) is 8.94. The van der Waals surface area contributed by atoms with Crippen LogP contribution in [0.4, 0.5) is 5.69 Å². The van der Waals surface area contributed by atoms with Crippen LogP contribution in [0.2, 0.25) is 0 Å². The predicted molar refractivity (Wildman–Crippen MR) is 118 cm³/mol. The Hall–Kier alpha value is -2.16. The number of benzene rings is 1. The molecular weight excluding hydrogens is 398 g/mol. The van der Waals surface area contributed by atoms with Crippen LogP contribution in [0, 0.1) is 11.8 Å². The van der Waals surface area contributed by atoms with Gasteiger partial charge in [-0.05, 0) is 46.0 Å². The van der Waals surface area contributed by atoms with Gasteiger partial charge in [0.1, 0.15) is 6.10 Å². The van der Waals surface area contributed by atoms with Gasteiger partial charge in [-0.1, -0.05) is 13.0 Å². The first-order chi connectivity index (χ1) is 14.8. The Balaban J connectivity index is 1.97. The molecule has 0 saturated carbocycles. The summed E-state index contributed by atoms with van der Waals surface area (Å²) < 4.78 is 11.8. The molecule has 8 nitrogen and oxygen atoms in total. The van der Waals surface area contributed by atoms with Gasteiger partial charge in [0.05, 0.1) is 23.9 Å². The maximum atomic E-state index is 13.4. The van der Waals surface area contributed by atoms with Crippen LogP contribution in [-0.2, 0) is 9.53 Å². The van der Waals surface area contributed by atoms with Crippen molar-refractivity contribution in [1.29, 1.82) is 0 Å². The molecule has 2 N–H and O–H groups in total. The summed E-state index contributed by atoms with van der Waals surface area (Å²) in [7, 11) is 3.96. The molecule has 3 atom stereocenters. The van der Waals surface area contributed by atoms with Gasteiger partial charge in [0.25, 0.3) is 5.91 Å². The molecule has 0 aliphatic carbocycles. The molecule has 1 aromatic carbocycles. The number of anilines is 1. The molecule has 0 unspecified atom stereocenters. The summed E-state index contributed by atoms with van der Waals surface area (Å²) in [5.41, 5.74) is 0.914. The van der Waals surface area contributed by atoms with Crippen molar-refractivity contribution in [2.75, 3.05) is 52.3 Å². The molecule has 1 aromatic rings. The van der Waals surface area contributed by atoms with Crippen LogP contribution in [0.5, 0.6) is 5.75 Å². The van der Waals surface area contributed by atoms with E-state index in [0.717, 1.165) is 0 Å². The minimum absolute atomic E-state index is 0.0350. The topological polar surface area (TPSA) is 91.3 Å². The third-order valence-electron chi connectivity index (χ3n) is 6.09. The molecule has 2 aliphatic heterocycles. The molecule has 2 aliphatic rings. The molecular formula is C23H35N3O5. The second kappa shape index (κ2) is 10.4. The van der Waals surface area contributed by atoms with E-state index in [1.54, 1.807) is 23.1 Å². The van der Waals surface area contributed by atoms with E-state index in [1.807, 2.05) is 32.8 Å². The number of aliphatic hydroxyl groups excluding tert-OH is 1. The fourth-order valence-corrected chi connectivity index (χ4v) is 4.11. The van der Waals surface area contributed by atoms with E-state index in [2.05, 4.69) is 5.32 Å². The number of nitrogens with zero attached hydrogens (tertiary/aromatic N) is 2. The van der Waals surface area contributed by atoms with Gasteiger partial charge in [0.15, 0.2) is 5.75 Å². The van der Waals surface area contributed by atoms with Crippen molar-refractivity contribution >= 4 is 17.5 Å². The Morgan fingerprint density at radius 3 is 2.68 bits per heavy atom. The first-order valence-corrected chi connectivity index (χ1v) is 11.1. The first kappa shape index (κ1) is 23.5. The van der Waals surface area contributed by atoms with Crippen molar-refractivity contribution in [1.82, 2.24) is 9.80 Å². The summed E-state index contributed by atoms with van der Waals surface area (Å²) in [6.07, 6.45) is 1.18. The van der Waals surface area contributed by atoms with Crippen molar-refractivity contribution < 1.29 is 24.2 Å². The molecule has 172 valence electrons. The quantitative estimate of drug-likeness (QED) is 0.711. The van der Waals surface area contributed by atoms with E-state index in [-0.39, 0.29) is 42.4 Å². The van der Waals surface area contributed by atoms with Crippen molar-refractivity contribution in [3.05, 3.63) is 23.8 Å². The van der Waals surface area contributed by atoms with Crippen molar-refractivity contribution in [2.45, 2.75) is 38.8 Å². The number of hydrogen-bond donors (Lipinski definition) is 2. The van der Waals surface area contributed by atoms with Gasteiger partial charge in [0.2, 0.25) is 5.91 Å². The van der Waals surface area contributed by atoms with Crippen molar-refractivity contribution in [3.63, 3.8) is 0 Å². The van der Waals surface area contributed by atoms with Gasteiger partial charge >= 0.3 is 0 Å². The lowest BCUT2D eigenvalue weighted by atomic mass is 9.98. The fraction of sp³-hybridized carbons (Fsp3) is 0.652. The summed E-state index contributed by atoms with van der Waals surface area (Å²) in [5.74, 6) is 0.0481. The standard InChI is InChI=1S/C23H35N3O5/c1-15-12-26(16(2)14-27)23(29)18-6-5-7-19(21(18)31-20(15)13-25(3)4)24-22(28)17-8-10-30-11-9-17/h5-7,15-17,20,27H,8-14H2,1-4H3,(H,24,28)/t15-,16+,20-/m1/s1. The Labute approximate surface area is 184 Å². The first-order valence-electron chi connectivity index (χ1n) is 11.1. The zero-order valence-electron chi connectivity index (χ0n) is 19.0. The van der Waals surface area contributed by atoms with E-state index in [1.165, 1.54) is 0 Å². The number of aliphatic hydroxyl groups is 1. The molecule has 0 radical (unpaired) electrons. The summed E-state index contributed by atoms with van der Waals surface area (Å²) >= 11 is 0. The van der Waals surface area contributed by atoms with Gasteiger partial charge in [-0.15, -0.1) is 0 Å². The maximum absolute atomic E-state index is 13.4. The zero-order chi connectivity index (χ0) is 22.5. The van der Waals surface area contributed by atoms with Crippen LogP contribution in [0.15, 0.2) is 18.2 Å². The number of rotatable bonds is 6. The normalized spacial score (nSPS) is 23.5. The summed E-state index contributed by atoms with van der Waals surface area (Å²) in [4.78, 5) is 30.0. The number of likely N-dealkylation sites (N-methyl/N-ethyl adjacent to an activating group) is 1. The summed E-state index contributed by atoms with van der Waals surface area (Å²) in [5, 5.41) is 12.7. The number of amides is 2. The highest BCUT2D eigenvalue weighted by molar-refractivity contribution is 6.02. The molecule has 8 heteroatoms. The lowest BCUT2D eigenvalue weighted by Crippen LogP contribution is -2.49. The van der Waals surface area contributed by atoms with E-state index in [4.69, 9.17) is 9.47 Å². The Morgan fingerprint density at radius 1 is 1.32 bits per heavy atom. The number of nitrogens with one attached hydrogen (secondary N) is 1. The van der Waals surface area contributed by atoms with E-state index < -0.39 is 0 Å². The number of carbonyl (C=O) groups is 2. The van der Waals surface area contributed by atoms with Gasteiger partial charge in [-0.25, -0.2) is 0 Å². The maximum Gasteiger partial charge on any atom is 0.258 e. The van der Waals surface area contributed by atoms with Crippen LogP contribution in [-0.4, -0.2) is 85.9 Å². The minimum atomic E-state index is -0.318. The summed E-state index contributed by atoms with van der Waals surface area (Å²) in [6.45, 7) is 6.08. The predicted octanol–water partition coefficient (Wildman–Crippen LogP) is 1.83. The highest BCUT2D eigenvalue weighted by Gasteiger charge is 2.34. The molecule has 2 amide bonds. The lowest BCUT2D eigenvalue weighted by Gasteiger charge is -2.38. The van der Waals surface area contributed by atoms with Crippen LogP contribution < -0.4 is 10.1 Å². The van der Waals surface area contributed by atoms with E-state index >= 15 is 0 Å². The average Bonchev–Trinajstić information content (AvgIpc) is 2.76. The molecule has 1 saturated heterocycles. The third kappa shape index (κ3) is 5.56. The third-order valence-corrected chi connectivity index (χ3v) is 6.09. The Morgan fingerprint density at radius 2 is 2.03 bits per heavy atom. The molecule has 2 heterocycles. The molecule has 3 rings (SSSR count). The molecule has 31 heavy (non-hydrogen) atoms. The molecule has 0 aromatic heterocycles. The summed E-state index contributed by atoms with van der Waals surface area (Å²) in [6, 6.07) is 4.94. The van der Waals surface area contributed by atoms with E-state index in [9.17, 15) is 14.7 Å². The second-order valence-electron chi connectivity index (χ2n) is 8.94. The number of carbonyl (C=O) groups excluding carboxylic acids is 2. The van der Waals surface area contributed by atoms with Gasteiger partial charge in [0, 0.05) is 38.1 Å². The van der Waals surface area contributed by atoms with Crippen LogP contribution in [0.3, 0.4) is 0 Å². The Bertz CT molecular complexity index is 778. The molecule has 1 fully saturated rings. The van der Waals surface area contributed by atoms with Gasteiger partial charge in [-0.2, -0.15) is 0 Å². The van der Waals surface area contributed by atoms with Crippen LogP contribution >= 0.6 is 0 Å². The largest absolute Gasteiger partial charge is 0.486 e.